The summed E-state index contributed by atoms with van der Waals surface area (Å²) in [5.41, 5.74) is 0. The van der Waals surface area contributed by atoms with Crippen molar-refractivity contribution in [3.05, 3.63) is 0 Å². The lowest BCUT2D eigenvalue weighted by Crippen LogP contribution is -2.40. The van der Waals surface area contributed by atoms with Crippen LogP contribution in [-0.4, -0.2) is 56.5 Å². The highest BCUT2D eigenvalue weighted by atomic mass is 32.2. The number of carbonyl (C=O) groups is 1. The summed E-state index contributed by atoms with van der Waals surface area (Å²) in [5, 5.41) is 0. The molecule has 0 heterocycles. The van der Waals surface area contributed by atoms with Crippen LogP contribution in [0.3, 0.4) is 0 Å². The van der Waals surface area contributed by atoms with Gasteiger partial charge in [0.2, 0.25) is 15.9 Å². The molecule has 0 saturated heterocycles. The zero-order valence-corrected chi connectivity index (χ0v) is 9.97. The van der Waals surface area contributed by atoms with E-state index >= 15 is 0 Å². The van der Waals surface area contributed by atoms with Gasteiger partial charge in [0.05, 0.1) is 12.3 Å². The molecule has 0 aliphatic heterocycles. The summed E-state index contributed by atoms with van der Waals surface area (Å²) in [6.45, 7) is 3.55. The van der Waals surface area contributed by atoms with Crippen LogP contribution < -0.4 is 0 Å². The van der Waals surface area contributed by atoms with Crippen molar-refractivity contribution in [2.75, 3.05) is 32.9 Å². The molecule has 0 spiro atoms. The van der Waals surface area contributed by atoms with Crippen molar-refractivity contribution in [2.45, 2.75) is 13.8 Å². The van der Waals surface area contributed by atoms with Gasteiger partial charge in [-0.1, -0.05) is 6.92 Å². The monoisotopic (exact) mass is 222 g/mol. The minimum atomic E-state index is -3.25. The van der Waals surface area contributed by atoms with Crippen LogP contribution in [0, 0.1) is 0 Å². The molecule has 0 atom stereocenters. The highest BCUT2D eigenvalue weighted by Gasteiger charge is 2.21. The smallest absolute Gasteiger partial charge is 0.237 e. The van der Waals surface area contributed by atoms with E-state index in [2.05, 4.69) is 0 Å². The number of carbonyl (C=O) groups excluding carboxylic acids is 1. The summed E-state index contributed by atoms with van der Waals surface area (Å²) in [5.74, 6) is -0.175. The van der Waals surface area contributed by atoms with Gasteiger partial charge in [0.1, 0.15) is 0 Å². The molecule has 84 valence electrons. The number of nitrogens with zero attached hydrogens (tertiary/aromatic N) is 2. The fourth-order valence-electron chi connectivity index (χ4n) is 0.882. The SMILES string of the molecule is CCN(CC(=O)N(C)C)S(=O)(=O)CC. The maximum atomic E-state index is 11.4. The molecule has 5 nitrogen and oxygen atoms in total. The van der Waals surface area contributed by atoms with Gasteiger partial charge in [-0.3, -0.25) is 4.79 Å². The van der Waals surface area contributed by atoms with E-state index in [0.29, 0.717) is 6.54 Å². The predicted octanol–water partition coefficient (Wildman–Crippen LogP) is -0.254. The molecule has 0 N–H and O–H groups in total. The van der Waals surface area contributed by atoms with Crippen molar-refractivity contribution < 1.29 is 13.2 Å². The number of sulfonamides is 1. The zero-order valence-electron chi connectivity index (χ0n) is 9.15. The molecule has 0 aliphatic carbocycles. The van der Waals surface area contributed by atoms with Crippen LogP contribution in [0.15, 0.2) is 0 Å². The Morgan fingerprint density at radius 2 is 1.71 bits per heavy atom. The molecule has 0 bridgehead atoms. The maximum Gasteiger partial charge on any atom is 0.237 e. The van der Waals surface area contributed by atoms with Gasteiger partial charge in [-0.25, -0.2) is 8.42 Å². The third-order valence-electron chi connectivity index (χ3n) is 1.92. The number of hydrogen-bond donors (Lipinski definition) is 0. The van der Waals surface area contributed by atoms with Crippen molar-refractivity contribution >= 4 is 15.9 Å². The summed E-state index contributed by atoms with van der Waals surface area (Å²) in [6.07, 6.45) is 0. The molecule has 14 heavy (non-hydrogen) atoms. The Morgan fingerprint density at radius 1 is 1.21 bits per heavy atom. The Hall–Kier alpha value is -0.620. The van der Waals surface area contributed by atoms with Crippen molar-refractivity contribution in [3.8, 4) is 0 Å². The number of hydrogen-bond acceptors (Lipinski definition) is 3. The Bertz CT molecular complexity index is 285. The molecule has 6 heteroatoms. The fraction of sp³-hybridized carbons (Fsp3) is 0.875. The second kappa shape index (κ2) is 5.31. The lowest BCUT2D eigenvalue weighted by molar-refractivity contribution is -0.128. The van der Waals surface area contributed by atoms with Crippen LogP contribution in [-0.2, 0) is 14.8 Å². The Labute approximate surface area is 85.7 Å². The van der Waals surface area contributed by atoms with Crippen molar-refractivity contribution in [2.24, 2.45) is 0 Å². The summed E-state index contributed by atoms with van der Waals surface area (Å²) in [6, 6.07) is 0. The molecule has 0 aromatic rings. The lowest BCUT2D eigenvalue weighted by atomic mass is 10.5. The van der Waals surface area contributed by atoms with Crippen LogP contribution in [0.1, 0.15) is 13.8 Å². The molecule has 0 aromatic heterocycles. The van der Waals surface area contributed by atoms with Crippen molar-refractivity contribution in [1.29, 1.82) is 0 Å². The van der Waals surface area contributed by atoms with Crippen LogP contribution in [0.25, 0.3) is 0 Å². The molecule has 0 saturated carbocycles. The molecule has 0 unspecified atom stereocenters. The summed E-state index contributed by atoms with van der Waals surface area (Å²) in [7, 11) is -0.0413. The Kier molecular flexibility index (Phi) is 5.07. The van der Waals surface area contributed by atoms with E-state index in [9.17, 15) is 13.2 Å². The van der Waals surface area contributed by atoms with Crippen LogP contribution in [0.5, 0.6) is 0 Å². The van der Waals surface area contributed by atoms with E-state index in [-0.39, 0.29) is 18.2 Å². The summed E-state index contributed by atoms with van der Waals surface area (Å²) >= 11 is 0. The van der Waals surface area contributed by atoms with Crippen LogP contribution in [0.2, 0.25) is 0 Å². The second-order valence-corrected chi connectivity index (χ2v) is 5.37. The zero-order chi connectivity index (χ0) is 11.4. The maximum absolute atomic E-state index is 11.4. The van der Waals surface area contributed by atoms with Crippen molar-refractivity contribution in [3.63, 3.8) is 0 Å². The van der Waals surface area contributed by atoms with Crippen LogP contribution in [0.4, 0.5) is 0 Å². The van der Waals surface area contributed by atoms with Gasteiger partial charge < -0.3 is 4.90 Å². The fourth-order valence-corrected chi connectivity index (χ4v) is 1.95. The molecule has 0 aromatic carbocycles. The topological polar surface area (TPSA) is 57.7 Å². The minimum Gasteiger partial charge on any atom is -0.348 e. The Morgan fingerprint density at radius 3 is 2.00 bits per heavy atom. The average Bonchev–Trinajstić information content (AvgIpc) is 2.13. The highest BCUT2D eigenvalue weighted by Crippen LogP contribution is 2.01. The van der Waals surface area contributed by atoms with E-state index in [4.69, 9.17) is 0 Å². The van der Waals surface area contributed by atoms with E-state index in [1.165, 1.54) is 9.21 Å². The summed E-state index contributed by atoms with van der Waals surface area (Å²) in [4.78, 5) is 12.7. The quantitative estimate of drug-likeness (QED) is 0.644. The molecule has 1 amide bonds. The normalized spacial score (nSPS) is 11.8. The number of likely N-dealkylation sites (N-methyl/N-ethyl adjacent to an activating group) is 2. The first kappa shape index (κ1) is 13.4. The van der Waals surface area contributed by atoms with Crippen molar-refractivity contribution in [1.82, 2.24) is 9.21 Å². The molecule has 0 radical (unpaired) electrons. The van der Waals surface area contributed by atoms with Gasteiger partial charge in [-0.05, 0) is 6.92 Å². The number of rotatable bonds is 5. The van der Waals surface area contributed by atoms with E-state index < -0.39 is 10.0 Å². The average molecular weight is 222 g/mol. The Balaban J connectivity index is 4.54. The third-order valence-corrected chi connectivity index (χ3v) is 3.83. The van der Waals surface area contributed by atoms with Gasteiger partial charge in [0.15, 0.2) is 0 Å². The third kappa shape index (κ3) is 3.63. The molecule has 0 fully saturated rings. The predicted molar refractivity (Wildman–Crippen MR) is 55.4 cm³/mol. The first-order valence-electron chi connectivity index (χ1n) is 4.53. The molecular weight excluding hydrogens is 204 g/mol. The van der Waals surface area contributed by atoms with Crippen LogP contribution >= 0.6 is 0 Å². The van der Waals surface area contributed by atoms with Gasteiger partial charge in [-0.2, -0.15) is 4.31 Å². The molecule has 0 aliphatic rings. The van der Waals surface area contributed by atoms with E-state index in [0.717, 1.165) is 0 Å². The molecular formula is C8H18N2O3S. The van der Waals surface area contributed by atoms with Gasteiger partial charge in [-0.15, -0.1) is 0 Å². The minimum absolute atomic E-state index is 0.0293. The van der Waals surface area contributed by atoms with E-state index in [1.54, 1.807) is 27.9 Å². The largest absolute Gasteiger partial charge is 0.348 e. The lowest BCUT2D eigenvalue weighted by Gasteiger charge is -2.20. The first-order valence-corrected chi connectivity index (χ1v) is 6.14. The van der Waals surface area contributed by atoms with Gasteiger partial charge >= 0.3 is 0 Å². The second-order valence-electron chi connectivity index (χ2n) is 3.11. The summed E-state index contributed by atoms with van der Waals surface area (Å²) < 4.78 is 24.1. The highest BCUT2D eigenvalue weighted by molar-refractivity contribution is 7.89. The molecule has 0 rings (SSSR count). The number of amides is 1. The van der Waals surface area contributed by atoms with Gasteiger partial charge in [0.25, 0.3) is 0 Å². The van der Waals surface area contributed by atoms with E-state index in [1.807, 2.05) is 0 Å². The first-order chi connectivity index (χ1) is 6.35. The van der Waals surface area contributed by atoms with Gasteiger partial charge in [0, 0.05) is 20.6 Å². The standard InChI is InChI=1S/C8H18N2O3S/c1-5-10(14(12,13)6-2)7-8(11)9(3)4/h5-7H2,1-4H3.